The number of anilines is 1. The smallest absolute Gasteiger partial charge is 0.304 e. The number of carboxylic acids is 1. The molecule has 0 aliphatic carbocycles. The molecule has 5 N–H and O–H groups in total. The molecule has 0 fully saturated rings. The Kier molecular flexibility index (Phi) is 6.57. The summed E-state index contributed by atoms with van der Waals surface area (Å²) in [5, 5.41) is 19.6. The standard InChI is InChI=1S/C23H23N3O2S/c1-15-19(20(14-22(27)28)16-7-3-2-4-8-16)11-6-12-21(15)29-18-10-5-9-17(13-18)26-23(24)25/h2-13,20H,14H2,1H3,(H,27,28)(H4,24,25,26). The Morgan fingerprint density at radius 3 is 2.52 bits per heavy atom. The molecule has 0 radical (unpaired) electrons. The molecule has 5 nitrogen and oxygen atoms in total. The first-order valence-corrected chi connectivity index (χ1v) is 10.0. The highest BCUT2D eigenvalue weighted by Crippen LogP contribution is 2.37. The Labute approximate surface area is 174 Å². The summed E-state index contributed by atoms with van der Waals surface area (Å²) in [6, 6.07) is 23.5. The maximum absolute atomic E-state index is 11.5. The molecule has 6 heteroatoms. The van der Waals surface area contributed by atoms with E-state index in [4.69, 9.17) is 11.1 Å². The van der Waals surface area contributed by atoms with E-state index in [1.165, 1.54) is 0 Å². The van der Waals surface area contributed by atoms with Crippen molar-refractivity contribution in [3.8, 4) is 0 Å². The Morgan fingerprint density at radius 2 is 1.83 bits per heavy atom. The summed E-state index contributed by atoms with van der Waals surface area (Å²) in [7, 11) is 0. The number of carbonyl (C=O) groups is 1. The maximum atomic E-state index is 11.5. The number of hydrogen-bond acceptors (Lipinski definition) is 3. The fourth-order valence-corrected chi connectivity index (χ4v) is 4.31. The van der Waals surface area contributed by atoms with E-state index in [9.17, 15) is 9.90 Å². The molecule has 1 atom stereocenters. The molecular weight excluding hydrogens is 382 g/mol. The molecular formula is C23H23N3O2S. The number of guanidine groups is 1. The molecule has 0 bridgehead atoms. The van der Waals surface area contributed by atoms with Crippen LogP contribution in [-0.4, -0.2) is 17.0 Å². The van der Waals surface area contributed by atoms with Crippen molar-refractivity contribution in [3.63, 3.8) is 0 Å². The van der Waals surface area contributed by atoms with E-state index in [1.807, 2.05) is 79.7 Å². The Balaban J connectivity index is 1.94. The molecule has 1 unspecified atom stereocenters. The summed E-state index contributed by atoms with van der Waals surface area (Å²) in [4.78, 5) is 13.6. The number of nitrogens with two attached hydrogens (primary N) is 1. The highest BCUT2D eigenvalue weighted by molar-refractivity contribution is 7.99. The van der Waals surface area contributed by atoms with Gasteiger partial charge in [0, 0.05) is 21.4 Å². The van der Waals surface area contributed by atoms with Crippen molar-refractivity contribution in [2.24, 2.45) is 5.73 Å². The van der Waals surface area contributed by atoms with Crippen LogP contribution in [0.2, 0.25) is 0 Å². The third-order valence-electron chi connectivity index (χ3n) is 4.62. The fourth-order valence-electron chi connectivity index (χ4n) is 3.31. The van der Waals surface area contributed by atoms with Crippen molar-refractivity contribution in [1.29, 1.82) is 5.41 Å². The van der Waals surface area contributed by atoms with Gasteiger partial charge in [0.1, 0.15) is 0 Å². The van der Waals surface area contributed by atoms with Crippen LogP contribution in [0.15, 0.2) is 82.6 Å². The summed E-state index contributed by atoms with van der Waals surface area (Å²) in [5.41, 5.74) is 9.25. The molecule has 148 valence electrons. The SMILES string of the molecule is Cc1c(Sc2cccc(NC(=N)N)c2)cccc1C(CC(=O)O)c1ccccc1. The van der Waals surface area contributed by atoms with Crippen molar-refractivity contribution in [2.45, 2.75) is 29.1 Å². The van der Waals surface area contributed by atoms with Crippen molar-refractivity contribution in [1.82, 2.24) is 0 Å². The lowest BCUT2D eigenvalue weighted by Gasteiger charge is -2.20. The molecule has 3 aromatic carbocycles. The van der Waals surface area contributed by atoms with Crippen LogP contribution >= 0.6 is 11.8 Å². The van der Waals surface area contributed by atoms with Gasteiger partial charge in [-0.05, 0) is 47.9 Å². The van der Waals surface area contributed by atoms with E-state index < -0.39 is 5.97 Å². The summed E-state index contributed by atoms with van der Waals surface area (Å²) >= 11 is 1.60. The third kappa shape index (κ3) is 5.39. The molecule has 3 rings (SSSR count). The molecule has 3 aromatic rings. The van der Waals surface area contributed by atoms with Gasteiger partial charge in [0.25, 0.3) is 0 Å². The quantitative estimate of drug-likeness (QED) is 0.325. The van der Waals surface area contributed by atoms with Gasteiger partial charge >= 0.3 is 5.97 Å². The van der Waals surface area contributed by atoms with Crippen molar-refractivity contribution < 1.29 is 9.90 Å². The van der Waals surface area contributed by atoms with Crippen LogP contribution in [0.25, 0.3) is 0 Å². The number of nitrogens with one attached hydrogen (secondary N) is 2. The molecule has 0 aromatic heterocycles. The topological polar surface area (TPSA) is 99.2 Å². The van der Waals surface area contributed by atoms with Crippen LogP contribution in [0, 0.1) is 12.3 Å². The van der Waals surface area contributed by atoms with Crippen LogP contribution < -0.4 is 11.1 Å². The van der Waals surface area contributed by atoms with E-state index >= 15 is 0 Å². The van der Waals surface area contributed by atoms with Gasteiger partial charge in [-0.25, -0.2) is 0 Å². The number of aliphatic carboxylic acids is 1. The molecule has 0 amide bonds. The first-order chi connectivity index (χ1) is 13.9. The molecule has 0 saturated heterocycles. The molecule has 29 heavy (non-hydrogen) atoms. The van der Waals surface area contributed by atoms with Crippen LogP contribution in [0.4, 0.5) is 5.69 Å². The van der Waals surface area contributed by atoms with Crippen LogP contribution in [-0.2, 0) is 4.79 Å². The van der Waals surface area contributed by atoms with Gasteiger partial charge in [0.15, 0.2) is 5.96 Å². The lowest BCUT2D eigenvalue weighted by Crippen LogP contribution is -2.20. The number of hydrogen-bond donors (Lipinski definition) is 4. The largest absolute Gasteiger partial charge is 0.481 e. The minimum Gasteiger partial charge on any atom is -0.481 e. The average Bonchev–Trinajstić information content (AvgIpc) is 2.68. The Bertz CT molecular complexity index is 1020. The van der Waals surface area contributed by atoms with Crippen molar-refractivity contribution in [3.05, 3.63) is 89.5 Å². The highest BCUT2D eigenvalue weighted by atomic mass is 32.2. The monoisotopic (exact) mass is 405 g/mol. The molecule has 0 aliphatic heterocycles. The minimum atomic E-state index is -0.820. The number of benzene rings is 3. The summed E-state index contributed by atoms with van der Waals surface area (Å²) < 4.78 is 0. The van der Waals surface area contributed by atoms with Gasteiger partial charge in [-0.2, -0.15) is 0 Å². The van der Waals surface area contributed by atoms with Gasteiger partial charge in [-0.15, -0.1) is 0 Å². The number of rotatable bonds is 7. The molecule has 0 aliphatic rings. The zero-order valence-electron chi connectivity index (χ0n) is 16.1. The van der Waals surface area contributed by atoms with E-state index in [2.05, 4.69) is 5.32 Å². The van der Waals surface area contributed by atoms with Crippen molar-refractivity contribution >= 4 is 29.4 Å². The van der Waals surface area contributed by atoms with Crippen LogP contribution in [0.5, 0.6) is 0 Å². The van der Waals surface area contributed by atoms with Gasteiger partial charge in [-0.3, -0.25) is 10.2 Å². The first kappa shape index (κ1) is 20.5. The van der Waals surface area contributed by atoms with E-state index in [0.717, 1.165) is 32.2 Å². The lowest BCUT2D eigenvalue weighted by molar-refractivity contribution is -0.137. The minimum absolute atomic E-state index is 0.0387. The van der Waals surface area contributed by atoms with Crippen LogP contribution in [0.1, 0.15) is 29.0 Å². The Hall–Kier alpha value is -3.25. The van der Waals surface area contributed by atoms with Gasteiger partial charge in [0.05, 0.1) is 6.42 Å². The third-order valence-corrected chi connectivity index (χ3v) is 5.77. The zero-order valence-corrected chi connectivity index (χ0v) is 16.9. The van der Waals surface area contributed by atoms with E-state index in [-0.39, 0.29) is 18.3 Å². The predicted molar refractivity (Wildman–Crippen MR) is 118 cm³/mol. The predicted octanol–water partition coefficient (Wildman–Crippen LogP) is 5.06. The summed E-state index contributed by atoms with van der Waals surface area (Å²) in [6.45, 7) is 2.03. The lowest BCUT2D eigenvalue weighted by atomic mass is 9.86. The van der Waals surface area contributed by atoms with Crippen LogP contribution in [0.3, 0.4) is 0 Å². The maximum Gasteiger partial charge on any atom is 0.304 e. The molecule has 0 spiro atoms. The zero-order chi connectivity index (χ0) is 20.8. The van der Waals surface area contributed by atoms with E-state index in [1.54, 1.807) is 11.8 Å². The van der Waals surface area contributed by atoms with Gasteiger partial charge < -0.3 is 16.2 Å². The second-order valence-electron chi connectivity index (χ2n) is 6.70. The van der Waals surface area contributed by atoms with E-state index in [0.29, 0.717) is 0 Å². The Morgan fingerprint density at radius 1 is 1.10 bits per heavy atom. The fraction of sp³-hybridized carbons (Fsp3) is 0.130. The number of carboxylic acid groups (broad SMARTS) is 1. The summed E-state index contributed by atoms with van der Waals surface area (Å²) in [5.74, 6) is -1.14. The van der Waals surface area contributed by atoms with Crippen molar-refractivity contribution in [2.75, 3.05) is 5.32 Å². The first-order valence-electron chi connectivity index (χ1n) is 9.19. The highest BCUT2D eigenvalue weighted by Gasteiger charge is 2.21. The summed E-state index contributed by atoms with van der Waals surface area (Å²) in [6.07, 6.45) is 0.0387. The second-order valence-corrected chi connectivity index (χ2v) is 7.82. The molecule has 0 heterocycles. The second kappa shape index (κ2) is 9.30. The van der Waals surface area contributed by atoms with Gasteiger partial charge in [-0.1, -0.05) is 60.3 Å². The average molecular weight is 406 g/mol. The normalized spacial score (nSPS) is 11.6. The molecule has 0 saturated carbocycles. The van der Waals surface area contributed by atoms with Gasteiger partial charge in [0.2, 0.25) is 0 Å².